The molecule has 3 N–H and O–H groups in total. The monoisotopic (exact) mass is 339 g/mol. The lowest BCUT2D eigenvalue weighted by atomic mass is 9.87. The van der Waals surface area contributed by atoms with Gasteiger partial charge in [0.2, 0.25) is 0 Å². The minimum atomic E-state index is -1.34. The van der Waals surface area contributed by atoms with Crippen molar-refractivity contribution in [1.29, 1.82) is 0 Å². The van der Waals surface area contributed by atoms with Crippen LogP contribution < -0.4 is 5.32 Å². The highest BCUT2D eigenvalue weighted by Gasteiger charge is 2.54. The van der Waals surface area contributed by atoms with Gasteiger partial charge in [0.1, 0.15) is 10.5 Å². The van der Waals surface area contributed by atoms with E-state index in [1.165, 1.54) is 22.7 Å². The van der Waals surface area contributed by atoms with Gasteiger partial charge in [-0.1, -0.05) is 0 Å². The molecule has 0 aliphatic carbocycles. The van der Waals surface area contributed by atoms with Crippen molar-refractivity contribution in [2.24, 2.45) is 5.92 Å². The van der Waals surface area contributed by atoms with Crippen molar-refractivity contribution in [2.75, 3.05) is 0 Å². The normalized spacial score (nSPS) is 27.8. The SMILES string of the molecule is O=C(O)[C@H]1C[C@@](Cc2cscn2)(C(=O)O)N[C@H]1c1nccs1. The van der Waals surface area contributed by atoms with Crippen LogP contribution in [0, 0.1) is 5.92 Å². The summed E-state index contributed by atoms with van der Waals surface area (Å²) in [6.07, 6.45) is 1.73. The summed E-state index contributed by atoms with van der Waals surface area (Å²) in [5.74, 6) is -2.92. The van der Waals surface area contributed by atoms with E-state index in [0.29, 0.717) is 10.7 Å². The van der Waals surface area contributed by atoms with E-state index in [1.807, 2.05) is 0 Å². The van der Waals surface area contributed by atoms with E-state index in [0.717, 1.165) is 0 Å². The number of thiazole rings is 2. The van der Waals surface area contributed by atoms with E-state index < -0.39 is 29.4 Å². The van der Waals surface area contributed by atoms with Gasteiger partial charge >= 0.3 is 11.9 Å². The molecule has 3 heterocycles. The van der Waals surface area contributed by atoms with Gasteiger partial charge in [0, 0.05) is 23.4 Å². The number of aliphatic carboxylic acids is 2. The lowest BCUT2D eigenvalue weighted by molar-refractivity contribution is -0.145. The second kappa shape index (κ2) is 5.75. The Labute approximate surface area is 133 Å². The van der Waals surface area contributed by atoms with E-state index in [1.54, 1.807) is 22.5 Å². The molecule has 0 unspecified atom stereocenters. The van der Waals surface area contributed by atoms with Crippen LogP contribution in [-0.2, 0) is 16.0 Å². The number of aromatic nitrogens is 2. The van der Waals surface area contributed by atoms with Crippen molar-refractivity contribution >= 4 is 34.6 Å². The van der Waals surface area contributed by atoms with Gasteiger partial charge in [0.25, 0.3) is 0 Å². The topological polar surface area (TPSA) is 112 Å². The smallest absolute Gasteiger partial charge is 0.324 e. The maximum Gasteiger partial charge on any atom is 0.324 e. The molecule has 0 aromatic carbocycles. The van der Waals surface area contributed by atoms with Crippen molar-refractivity contribution < 1.29 is 19.8 Å². The predicted molar refractivity (Wildman–Crippen MR) is 79.9 cm³/mol. The molecule has 1 aliphatic heterocycles. The summed E-state index contributed by atoms with van der Waals surface area (Å²) in [7, 11) is 0. The van der Waals surface area contributed by atoms with Crippen LogP contribution in [0.25, 0.3) is 0 Å². The van der Waals surface area contributed by atoms with Gasteiger partial charge in [-0.25, -0.2) is 9.97 Å². The number of carboxylic acid groups (broad SMARTS) is 2. The molecule has 0 radical (unpaired) electrons. The highest BCUT2D eigenvalue weighted by Crippen LogP contribution is 2.40. The zero-order valence-corrected chi connectivity index (χ0v) is 12.9. The molecule has 0 bridgehead atoms. The van der Waals surface area contributed by atoms with Gasteiger partial charge in [-0.05, 0) is 6.42 Å². The summed E-state index contributed by atoms with van der Waals surface area (Å²) in [6.45, 7) is 0. The van der Waals surface area contributed by atoms with Crippen LogP contribution in [0.1, 0.15) is 23.2 Å². The number of nitrogens with zero attached hydrogens (tertiary/aromatic N) is 2. The number of carbonyl (C=O) groups is 2. The van der Waals surface area contributed by atoms with Crippen LogP contribution >= 0.6 is 22.7 Å². The predicted octanol–water partition coefficient (Wildman–Crippen LogP) is 1.40. The molecule has 0 spiro atoms. The van der Waals surface area contributed by atoms with Gasteiger partial charge in [-0.15, -0.1) is 22.7 Å². The number of nitrogens with one attached hydrogen (secondary N) is 1. The third-order valence-electron chi connectivity index (χ3n) is 3.81. The summed E-state index contributed by atoms with van der Waals surface area (Å²) in [5.41, 5.74) is 0.934. The Hall–Kier alpha value is -1.84. The first kappa shape index (κ1) is 15.1. The Balaban J connectivity index is 1.95. The first-order valence-corrected chi connectivity index (χ1v) is 8.34. The Bertz CT molecular complexity index is 674. The lowest BCUT2D eigenvalue weighted by Gasteiger charge is -2.24. The number of rotatable bonds is 5. The molecule has 1 saturated heterocycles. The van der Waals surface area contributed by atoms with Crippen LogP contribution in [0.15, 0.2) is 22.5 Å². The third-order valence-corrected chi connectivity index (χ3v) is 5.31. The van der Waals surface area contributed by atoms with Crippen LogP contribution in [0.2, 0.25) is 0 Å². The molecule has 3 rings (SSSR count). The number of carboxylic acids is 2. The second-order valence-electron chi connectivity index (χ2n) is 5.19. The number of hydrogen-bond donors (Lipinski definition) is 3. The molecule has 1 aliphatic rings. The molecule has 2 aromatic rings. The van der Waals surface area contributed by atoms with Gasteiger partial charge < -0.3 is 10.2 Å². The second-order valence-corrected chi connectivity index (χ2v) is 6.83. The fraction of sp³-hybridized carbons (Fsp3) is 0.385. The lowest BCUT2D eigenvalue weighted by Crippen LogP contribution is -2.50. The molecular formula is C13H13N3O4S2. The fourth-order valence-corrected chi connectivity index (χ4v) is 4.10. The largest absolute Gasteiger partial charge is 0.481 e. The minimum Gasteiger partial charge on any atom is -0.481 e. The van der Waals surface area contributed by atoms with Gasteiger partial charge in [-0.3, -0.25) is 14.9 Å². The van der Waals surface area contributed by atoms with E-state index in [9.17, 15) is 19.8 Å². The summed E-state index contributed by atoms with van der Waals surface area (Å²) in [4.78, 5) is 31.6. The van der Waals surface area contributed by atoms with Crippen molar-refractivity contribution in [3.63, 3.8) is 0 Å². The fourth-order valence-electron chi connectivity index (χ4n) is 2.78. The van der Waals surface area contributed by atoms with Crippen LogP contribution in [0.3, 0.4) is 0 Å². The molecule has 2 aromatic heterocycles. The van der Waals surface area contributed by atoms with Gasteiger partial charge in [-0.2, -0.15) is 0 Å². The molecule has 0 saturated carbocycles. The summed E-state index contributed by atoms with van der Waals surface area (Å²) in [5, 5.41) is 26.3. The van der Waals surface area contributed by atoms with Crippen molar-refractivity contribution in [1.82, 2.24) is 15.3 Å². The van der Waals surface area contributed by atoms with E-state index in [-0.39, 0.29) is 12.8 Å². The standard InChI is InChI=1S/C13H13N3O4S2/c17-11(18)8-4-13(12(19)20,3-7-5-21-6-15-7)16-9(8)10-14-1-2-22-10/h1-2,5-6,8-9,16H,3-4H2,(H,17,18)(H,19,20)/t8-,9+,13-/m0/s1. The number of hydrogen-bond acceptors (Lipinski definition) is 7. The van der Waals surface area contributed by atoms with E-state index in [4.69, 9.17) is 0 Å². The maximum absolute atomic E-state index is 11.8. The van der Waals surface area contributed by atoms with Crippen molar-refractivity contribution in [3.8, 4) is 0 Å². The molecule has 22 heavy (non-hydrogen) atoms. The summed E-state index contributed by atoms with van der Waals surface area (Å²) in [6, 6.07) is -0.604. The van der Waals surface area contributed by atoms with Crippen molar-refractivity contribution in [2.45, 2.75) is 24.4 Å². The maximum atomic E-state index is 11.8. The molecule has 1 fully saturated rings. The van der Waals surface area contributed by atoms with E-state index >= 15 is 0 Å². The Morgan fingerprint density at radius 3 is 2.77 bits per heavy atom. The molecule has 3 atom stereocenters. The molecular weight excluding hydrogens is 326 g/mol. The Morgan fingerprint density at radius 2 is 2.23 bits per heavy atom. The molecule has 116 valence electrons. The third kappa shape index (κ3) is 2.62. The molecule has 9 heteroatoms. The highest BCUT2D eigenvalue weighted by atomic mass is 32.1. The summed E-state index contributed by atoms with van der Waals surface area (Å²) < 4.78 is 0. The first-order valence-electron chi connectivity index (χ1n) is 6.52. The molecule has 7 nitrogen and oxygen atoms in total. The average molecular weight is 339 g/mol. The van der Waals surface area contributed by atoms with Gasteiger partial charge in [0.05, 0.1) is 23.2 Å². The zero-order valence-electron chi connectivity index (χ0n) is 11.3. The molecule has 0 amide bonds. The quantitative estimate of drug-likeness (QED) is 0.754. The van der Waals surface area contributed by atoms with Crippen molar-refractivity contribution in [3.05, 3.63) is 33.2 Å². The van der Waals surface area contributed by atoms with Gasteiger partial charge in [0.15, 0.2) is 0 Å². The van der Waals surface area contributed by atoms with Crippen LogP contribution in [0.4, 0.5) is 0 Å². The van der Waals surface area contributed by atoms with Crippen LogP contribution in [0.5, 0.6) is 0 Å². The minimum absolute atomic E-state index is 0.000556. The van der Waals surface area contributed by atoms with E-state index in [2.05, 4.69) is 15.3 Å². The first-order chi connectivity index (χ1) is 10.5. The van der Waals surface area contributed by atoms with Crippen LogP contribution in [-0.4, -0.2) is 37.7 Å². The Kier molecular flexibility index (Phi) is 3.94. The zero-order chi connectivity index (χ0) is 15.7. The Morgan fingerprint density at radius 1 is 1.41 bits per heavy atom. The highest BCUT2D eigenvalue weighted by molar-refractivity contribution is 7.09. The summed E-state index contributed by atoms with van der Waals surface area (Å²) >= 11 is 2.70. The average Bonchev–Trinajstić information content (AvgIpc) is 3.19.